The number of halogens is 1. The predicted molar refractivity (Wildman–Crippen MR) is 86.8 cm³/mol. The predicted octanol–water partition coefficient (Wildman–Crippen LogP) is 5.55. The van der Waals surface area contributed by atoms with Crippen molar-refractivity contribution >= 4 is 17.9 Å². The fourth-order valence-corrected chi connectivity index (χ4v) is 2.23. The van der Waals surface area contributed by atoms with Crippen LogP contribution < -0.4 is 4.74 Å². The third kappa shape index (κ3) is 3.64. The number of hydrogen-bond acceptors (Lipinski definition) is 2. The van der Waals surface area contributed by atoms with Crippen molar-refractivity contribution in [2.45, 2.75) is 33.1 Å². The summed E-state index contributed by atoms with van der Waals surface area (Å²) >= 11 is 5.89. The molecular weight excluding hydrogens is 284 g/mol. The standard InChI is InChI=1S/C18H19ClO2/c1-12-9-14(18(2,3)4)5-7-16(12)21-17-8-6-15(19)10-13(17)11-20/h5-11H,1-4H3. The van der Waals surface area contributed by atoms with E-state index in [1.165, 1.54) is 5.56 Å². The molecule has 0 spiro atoms. The highest BCUT2D eigenvalue weighted by atomic mass is 35.5. The van der Waals surface area contributed by atoms with Gasteiger partial charge in [-0.2, -0.15) is 0 Å². The molecule has 0 aliphatic heterocycles. The maximum Gasteiger partial charge on any atom is 0.153 e. The lowest BCUT2D eigenvalue weighted by Gasteiger charge is -2.20. The topological polar surface area (TPSA) is 26.3 Å². The maximum atomic E-state index is 11.1. The number of rotatable bonds is 3. The van der Waals surface area contributed by atoms with E-state index in [9.17, 15) is 4.79 Å². The van der Waals surface area contributed by atoms with Gasteiger partial charge in [0, 0.05) is 5.02 Å². The molecule has 0 aliphatic carbocycles. The molecule has 0 heterocycles. The van der Waals surface area contributed by atoms with Crippen LogP contribution in [0.15, 0.2) is 36.4 Å². The number of carbonyl (C=O) groups is 1. The normalized spacial score (nSPS) is 11.3. The van der Waals surface area contributed by atoms with Crippen LogP contribution in [-0.4, -0.2) is 6.29 Å². The van der Waals surface area contributed by atoms with Crippen molar-refractivity contribution in [1.82, 2.24) is 0 Å². The highest BCUT2D eigenvalue weighted by Gasteiger charge is 2.15. The SMILES string of the molecule is Cc1cc(C(C)(C)C)ccc1Oc1ccc(Cl)cc1C=O. The summed E-state index contributed by atoms with van der Waals surface area (Å²) in [7, 11) is 0. The second-order valence-corrected chi connectivity index (χ2v) is 6.57. The van der Waals surface area contributed by atoms with Gasteiger partial charge in [0.1, 0.15) is 11.5 Å². The lowest BCUT2D eigenvalue weighted by atomic mass is 9.86. The van der Waals surface area contributed by atoms with Crippen molar-refractivity contribution in [2.24, 2.45) is 0 Å². The minimum absolute atomic E-state index is 0.0948. The van der Waals surface area contributed by atoms with Gasteiger partial charge in [-0.3, -0.25) is 4.79 Å². The van der Waals surface area contributed by atoms with E-state index in [-0.39, 0.29) is 5.41 Å². The molecule has 2 rings (SSSR count). The molecule has 0 atom stereocenters. The molecule has 0 amide bonds. The zero-order valence-electron chi connectivity index (χ0n) is 12.7. The number of benzene rings is 2. The zero-order chi connectivity index (χ0) is 15.6. The van der Waals surface area contributed by atoms with Crippen LogP contribution in [0.2, 0.25) is 5.02 Å². The van der Waals surface area contributed by atoms with Crippen LogP contribution in [0.5, 0.6) is 11.5 Å². The summed E-state index contributed by atoms with van der Waals surface area (Å²) in [4.78, 5) is 11.1. The second-order valence-electron chi connectivity index (χ2n) is 6.13. The first-order valence-electron chi connectivity index (χ1n) is 6.85. The van der Waals surface area contributed by atoms with Gasteiger partial charge >= 0.3 is 0 Å². The molecule has 110 valence electrons. The summed E-state index contributed by atoms with van der Waals surface area (Å²) in [5.41, 5.74) is 2.83. The molecule has 0 unspecified atom stereocenters. The van der Waals surface area contributed by atoms with Crippen molar-refractivity contribution < 1.29 is 9.53 Å². The highest BCUT2D eigenvalue weighted by Crippen LogP contribution is 2.32. The molecule has 3 heteroatoms. The van der Waals surface area contributed by atoms with Gasteiger partial charge in [-0.05, 0) is 47.7 Å². The molecular formula is C18H19ClO2. The molecule has 0 saturated carbocycles. The van der Waals surface area contributed by atoms with Gasteiger partial charge in [0.05, 0.1) is 5.56 Å². The second kappa shape index (κ2) is 5.90. The molecule has 0 N–H and O–H groups in total. The van der Waals surface area contributed by atoms with Gasteiger partial charge in [-0.25, -0.2) is 0 Å². The van der Waals surface area contributed by atoms with Crippen molar-refractivity contribution in [3.05, 3.63) is 58.1 Å². The van der Waals surface area contributed by atoms with Crippen LogP contribution in [0, 0.1) is 6.92 Å². The van der Waals surface area contributed by atoms with E-state index in [1.807, 2.05) is 13.0 Å². The Bertz CT molecular complexity index is 669. The highest BCUT2D eigenvalue weighted by molar-refractivity contribution is 6.30. The summed E-state index contributed by atoms with van der Waals surface area (Å²) in [6.07, 6.45) is 0.750. The van der Waals surface area contributed by atoms with Crippen molar-refractivity contribution in [3.63, 3.8) is 0 Å². The number of carbonyl (C=O) groups excluding carboxylic acids is 1. The molecule has 0 fully saturated rings. The van der Waals surface area contributed by atoms with Crippen LogP contribution >= 0.6 is 11.6 Å². The third-order valence-electron chi connectivity index (χ3n) is 3.36. The molecule has 2 aromatic rings. The summed E-state index contributed by atoms with van der Waals surface area (Å²) in [6.45, 7) is 8.52. The molecule has 0 saturated heterocycles. The number of aryl methyl sites for hydroxylation is 1. The molecule has 2 aromatic carbocycles. The summed E-state index contributed by atoms with van der Waals surface area (Å²) in [5, 5.41) is 0.518. The van der Waals surface area contributed by atoms with Gasteiger partial charge in [0.15, 0.2) is 6.29 Å². The van der Waals surface area contributed by atoms with Gasteiger partial charge in [0.2, 0.25) is 0 Å². The Hall–Kier alpha value is -1.80. The quantitative estimate of drug-likeness (QED) is 0.695. The first-order chi connectivity index (χ1) is 9.81. The Morgan fingerprint density at radius 3 is 2.29 bits per heavy atom. The molecule has 0 bridgehead atoms. The fraction of sp³-hybridized carbons (Fsp3) is 0.278. The third-order valence-corrected chi connectivity index (χ3v) is 3.59. The summed E-state index contributed by atoms with van der Waals surface area (Å²) < 4.78 is 5.86. The first-order valence-corrected chi connectivity index (χ1v) is 7.23. The van der Waals surface area contributed by atoms with Gasteiger partial charge in [-0.15, -0.1) is 0 Å². The van der Waals surface area contributed by atoms with Gasteiger partial charge < -0.3 is 4.74 Å². The van der Waals surface area contributed by atoms with E-state index in [0.717, 1.165) is 17.6 Å². The molecule has 2 nitrogen and oxygen atoms in total. The number of ether oxygens (including phenoxy) is 1. The van der Waals surface area contributed by atoms with Crippen molar-refractivity contribution in [2.75, 3.05) is 0 Å². The average Bonchev–Trinajstić information content (AvgIpc) is 2.41. The number of aldehydes is 1. The van der Waals surface area contributed by atoms with E-state index < -0.39 is 0 Å². The fourth-order valence-electron chi connectivity index (χ4n) is 2.05. The molecule has 21 heavy (non-hydrogen) atoms. The first kappa shape index (κ1) is 15.6. The number of hydrogen-bond donors (Lipinski definition) is 0. The van der Waals surface area contributed by atoms with Crippen LogP contribution in [0.3, 0.4) is 0 Å². The van der Waals surface area contributed by atoms with Crippen molar-refractivity contribution in [1.29, 1.82) is 0 Å². The smallest absolute Gasteiger partial charge is 0.153 e. The van der Waals surface area contributed by atoms with Crippen LogP contribution in [0.25, 0.3) is 0 Å². The minimum Gasteiger partial charge on any atom is -0.456 e. The lowest BCUT2D eigenvalue weighted by Crippen LogP contribution is -2.11. The van der Waals surface area contributed by atoms with E-state index in [2.05, 4.69) is 32.9 Å². The monoisotopic (exact) mass is 302 g/mol. The van der Waals surface area contributed by atoms with E-state index in [1.54, 1.807) is 18.2 Å². The Kier molecular flexibility index (Phi) is 4.38. The zero-order valence-corrected chi connectivity index (χ0v) is 13.5. The average molecular weight is 303 g/mol. The van der Waals surface area contributed by atoms with E-state index in [0.29, 0.717) is 16.3 Å². The van der Waals surface area contributed by atoms with Crippen LogP contribution in [0.1, 0.15) is 42.3 Å². The Morgan fingerprint density at radius 2 is 1.71 bits per heavy atom. The summed E-state index contributed by atoms with van der Waals surface area (Å²) in [5.74, 6) is 1.26. The maximum absolute atomic E-state index is 11.1. The molecule has 0 radical (unpaired) electrons. The van der Waals surface area contributed by atoms with E-state index in [4.69, 9.17) is 16.3 Å². The van der Waals surface area contributed by atoms with Crippen LogP contribution in [-0.2, 0) is 5.41 Å². The van der Waals surface area contributed by atoms with E-state index >= 15 is 0 Å². The Morgan fingerprint density at radius 1 is 1.05 bits per heavy atom. The Labute approximate surface area is 130 Å². The largest absolute Gasteiger partial charge is 0.456 e. The molecule has 0 aromatic heterocycles. The summed E-state index contributed by atoms with van der Waals surface area (Å²) in [6, 6.07) is 11.1. The van der Waals surface area contributed by atoms with Crippen LogP contribution in [0.4, 0.5) is 0 Å². The molecule has 0 aliphatic rings. The minimum atomic E-state index is 0.0948. The van der Waals surface area contributed by atoms with Crippen molar-refractivity contribution in [3.8, 4) is 11.5 Å². The lowest BCUT2D eigenvalue weighted by molar-refractivity contribution is 0.112. The Balaban J connectivity index is 2.35. The van der Waals surface area contributed by atoms with Gasteiger partial charge in [-0.1, -0.05) is 44.5 Å². The van der Waals surface area contributed by atoms with Gasteiger partial charge in [0.25, 0.3) is 0 Å².